The first-order valence-electron chi connectivity index (χ1n) is 4.03. The molecule has 14 heavy (non-hydrogen) atoms. The van der Waals surface area contributed by atoms with Crippen LogP contribution in [0.2, 0.25) is 0 Å². The molecule has 1 aromatic carbocycles. The number of ether oxygens (including phenoxy) is 1. The number of aliphatic hydroxyl groups excluding tert-OH is 1. The van der Waals surface area contributed by atoms with E-state index < -0.39 is 0 Å². The van der Waals surface area contributed by atoms with E-state index in [1.165, 1.54) is 7.11 Å². The van der Waals surface area contributed by atoms with Crippen LogP contribution in [0.4, 0.5) is 0 Å². The van der Waals surface area contributed by atoms with Crippen LogP contribution in [0.5, 0.6) is 11.5 Å². The van der Waals surface area contributed by atoms with Crippen LogP contribution in [-0.4, -0.2) is 23.9 Å². The molecule has 0 amide bonds. The molecule has 0 radical (unpaired) electrons. The Morgan fingerprint density at radius 3 is 2.79 bits per heavy atom. The van der Waals surface area contributed by atoms with Crippen molar-refractivity contribution in [2.45, 2.75) is 0 Å². The number of phenolic OH excluding ortho intramolecular Hbond substituents is 1. The number of methoxy groups -OCH3 is 1. The minimum absolute atomic E-state index is 0.0131. The Balaban J connectivity index is 3.09. The van der Waals surface area contributed by atoms with Gasteiger partial charge in [0.2, 0.25) is 0 Å². The number of aromatic hydroxyl groups is 1. The Labute approximate surface area is 90.8 Å². The van der Waals surface area contributed by atoms with Crippen molar-refractivity contribution >= 4 is 22.0 Å². The van der Waals surface area contributed by atoms with Crippen LogP contribution in [0.25, 0.3) is 6.08 Å². The van der Waals surface area contributed by atoms with Gasteiger partial charge in [0.05, 0.1) is 18.2 Å². The predicted octanol–water partition coefficient (Wildman–Crippen LogP) is 2.17. The van der Waals surface area contributed by atoms with Crippen molar-refractivity contribution in [2.24, 2.45) is 0 Å². The van der Waals surface area contributed by atoms with Gasteiger partial charge in [-0.3, -0.25) is 0 Å². The standard InChI is InChI=1S/C10H11BrO3/c1-14-9-6-7(3-2-4-12)5-8(11)10(9)13/h2-3,5-6,12-13H,4H2,1H3/b3-2+. The predicted molar refractivity (Wildman–Crippen MR) is 58.5 cm³/mol. The molecule has 0 aliphatic rings. The minimum Gasteiger partial charge on any atom is -0.503 e. The lowest BCUT2D eigenvalue weighted by Crippen LogP contribution is -1.86. The summed E-state index contributed by atoms with van der Waals surface area (Å²) in [6.45, 7) is -0.0131. The number of rotatable bonds is 3. The summed E-state index contributed by atoms with van der Waals surface area (Å²) in [5, 5.41) is 18.1. The quantitative estimate of drug-likeness (QED) is 0.874. The molecule has 76 valence electrons. The Kier molecular flexibility index (Phi) is 3.98. The van der Waals surface area contributed by atoms with Gasteiger partial charge in [-0.2, -0.15) is 0 Å². The van der Waals surface area contributed by atoms with Crippen LogP contribution in [0.1, 0.15) is 5.56 Å². The molecule has 0 spiro atoms. The lowest BCUT2D eigenvalue weighted by atomic mass is 10.2. The zero-order valence-electron chi connectivity index (χ0n) is 7.70. The SMILES string of the molecule is COc1cc(/C=C/CO)cc(Br)c1O. The van der Waals surface area contributed by atoms with Crippen LogP contribution >= 0.6 is 15.9 Å². The second-order valence-electron chi connectivity index (χ2n) is 2.64. The van der Waals surface area contributed by atoms with E-state index in [1.807, 2.05) is 0 Å². The highest BCUT2D eigenvalue weighted by atomic mass is 79.9. The van der Waals surface area contributed by atoms with Crippen LogP contribution in [0.15, 0.2) is 22.7 Å². The van der Waals surface area contributed by atoms with Gasteiger partial charge in [0, 0.05) is 0 Å². The third-order valence-electron chi connectivity index (χ3n) is 1.69. The summed E-state index contributed by atoms with van der Waals surface area (Å²) in [7, 11) is 1.49. The Hall–Kier alpha value is -1.00. The fraction of sp³-hybridized carbons (Fsp3) is 0.200. The fourth-order valence-electron chi connectivity index (χ4n) is 1.03. The zero-order chi connectivity index (χ0) is 10.6. The Bertz CT molecular complexity index is 347. The molecule has 0 aliphatic carbocycles. The summed E-state index contributed by atoms with van der Waals surface area (Å²) in [5.74, 6) is 0.477. The first-order valence-corrected chi connectivity index (χ1v) is 4.82. The smallest absolute Gasteiger partial charge is 0.172 e. The first-order chi connectivity index (χ1) is 6.69. The second kappa shape index (κ2) is 5.02. The lowest BCUT2D eigenvalue weighted by Gasteiger charge is -2.06. The normalized spacial score (nSPS) is 10.8. The molecule has 0 saturated heterocycles. The van der Waals surface area contributed by atoms with E-state index in [1.54, 1.807) is 24.3 Å². The van der Waals surface area contributed by atoms with Crippen molar-refractivity contribution in [1.29, 1.82) is 0 Å². The number of hydrogen-bond donors (Lipinski definition) is 2. The van der Waals surface area contributed by atoms with E-state index in [2.05, 4.69) is 15.9 Å². The molecule has 0 aliphatic heterocycles. The maximum absolute atomic E-state index is 9.50. The van der Waals surface area contributed by atoms with Gasteiger partial charge in [0.25, 0.3) is 0 Å². The van der Waals surface area contributed by atoms with Crippen molar-refractivity contribution in [3.63, 3.8) is 0 Å². The summed E-state index contributed by atoms with van der Waals surface area (Å²) in [6, 6.07) is 3.43. The fourth-order valence-corrected chi connectivity index (χ4v) is 1.49. The average Bonchev–Trinajstić information content (AvgIpc) is 2.19. The van der Waals surface area contributed by atoms with E-state index in [9.17, 15) is 5.11 Å². The maximum atomic E-state index is 9.50. The average molecular weight is 259 g/mol. The van der Waals surface area contributed by atoms with Crippen molar-refractivity contribution in [2.75, 3.05) is 13.7 Å². The van der Waals surface area contributed by atoms with Crippen molar-refractivity contribution in [3.8, 4) is 11.5 Å². The highest BCUT2D eigenvalue weighted by Crippen LogP contribution is 2.35. The highest BCUT2D eigenvalue weighted by molar-refractivity contribution is 9.10. The van der Waals surface area contributed by atoms with Gasteiger partial charge in [-0.1, -0.05) is 12.2 Å². The minimum atomic E-state index is -0.0131. The molecule has 1 aromatic rings. The third-order valence-corrected chi connectivity index (χ3v) is 2.29. The van der Waals surface area contributed by atoms with Gasteiger partial charge in [0.1, 0.15) is 0 Å². The van der Waals surface area contributed by atoms with E-state index in [4.69, 9.17) is 9.84 Å². The van der Waals surface area contributed by atoms with Gasteiger partial charge < -0.3 is 14.9 Å². The summed E-state index contributed by atoms with van der Waals surface area (Å²) in [5.41, 5.74) is 0.848. The molecule has 0 fully saturated rings. The molecule has 1 rings (SSSR count). The summed E-state index contributed by atoms with van der Waals surface area (Å²) in [4.78, 5) is 0. The second-order valence-corrected chi connectivity index (χ2v) is 3.49. The van der Waals surface area contributed by atoms with Crippen molar-refractivity contribution in [3.05, 3.63) is 28.2 Å². The molecule has 0 unspecified atom stereocenters. The maximum Gasteiger partial charge on any atom is 0.172 e. The Morgan fingerprint density at radius 2 is 2.21 bits per heavy atom. The first kappa shape index (κ1) is 11.1. The molecule has 0 aromatic heterocycles. The van der Waals surface area contributed by atoms with Gasteiger partial charge in [-0.15, -0.1) is 0 Å². The van der Waals surface area contributed by atoms with Crippen LogP contribution in [0, 0.1) is 0 Å². The third kappa shape index (κ3) is 2.49. The molecule has 0 heterocycles. The summed E-state index contributed by atoms with van der Waals surface area (Å²) < 4.78 is 5.53. The van der Waals surface area contributed by atoms with Gasteiger partial charge >= 0.3 is 0 Å². The van der Waals surface area contributed by atoms with Crippen LogP contribution < -0.4 is 4.74 Å². The number of benzene rings is 1. The van der Waals surface area contributed by atoms with E-state index in [-0.39, 0.29) is 12.4 Å². The largest absolute Gasteiger partial charge is 0.503 e. The van der Waals surface area contributed by atoms with Gasteiger partial charge in [0.15, 0.2) is 11.5 Å². The molecule has 2 N–H and O–H groups in total. The number of hydrogen-bond acceptors (Lipinski definition) is 3. The summed E-state index contributed by atoms with van der Waals surface area (Å²) in [6.07, 6.45) is 3.35. The number of aliphatic hydroxyl groups is 1. The van der Waals surface area contributed by atoms with Crippen LogP contribution in [0.3, 0.4) is 0 Å². The number of phenols is 1. The monoisotopic (exact) mass is 258 g/mol. The summed E-state index contributed by atoms with van der Waals surface area (Å²) >= 11 is 3.20. The van der Waals surface area contributed by atoms with E-state index in [0.29, 0.717) is 10.2 Å². The topological polar surface area (TPSA) is 49.7 Å². The van der Waals surface area contributed by atoms with Crippen molar-refractivity contribution in [1.82, 2.24) is 0 Å². The van der Waals surface area contributed by atoms with Gasteiger partial charge in [-0.25, -0.2) is 0 Å². The van der Waals surface area contributed by atoms with E-state index >= 15 is 0 Å². The van der Waals surface area contributed by atoms with Gasteiger partial charge in [-0.05, 0) is 33.6 Å². The van der Waals surface area contributed by atoms with E-state index in [0.717, 1.165) is 5.56 Å². The molecule has 0 bridgehead atoms. The zero-order valence-corrected chi connectivity index (χ0v) is 9.28. The Morgan fingerprint density at radius 1 is 1.50 bits per heavy atom. The molecule has 4 heteroatoms. The van der Waals surface area contributed by atoms with Crippen LogP contribution in [-0.2, 0) is 0 Å². The highest BCUT2D eigenvalue weighted by Gasteiger charge is 2.06. The van der Waals surface area contributed by atoms with Crippen molar-refractivity contribution < 1.29 is 14.9 Å². The molecular weight excluding hydrogens is 248 g/mol. The lowest BCUT2D eigenvalue weighted by molar-refractivity contribution is 0.343. The molecule has 3 nitrogen and oxygen atoms in total. The number of halogens is 1. The molecule has 0 saturated carbocycles. The molecular formula is C10H11BrO3. The molecule has 0 atom stereocenters.